The zero-order valence-corrected chi connectivity index (χ0v) is 17.9. The molecule has 6 nitrogen and oxygen atoms in total. The van der Waals surface area contributed by atoms with Crippen LogP contribution in [0, 0.1) is 6.92 Å². The van der Waals surface area contributed by atoms with Crippen molar-refractivity contribution in [3.05, 3.63) is 70.8 Å². The molecule has 0 bridgehead atoms. The van der Waals surface area contributed by atoms with E-state index >= 15 is 0 Å². The van der Waals surface area contributed by atoms with E-state index in [1.807, 2.05) is 67.2 Å². The van der Waals surface area contributed by atoms with Crippen LogP contribution >= 0.6 is 0 Å². The molecule has 0 radical (unpaired) electrons. The Labute approximate surface area is 178 Å². The van der Waals surface area contributed by atoms with Gasteiger partial charge in [-0.1, -0.05) is 42.0 Å². The fourth-order valence-corrected chi connectivity index (χ4v) is 3.57. The van der Waals surface area contributed by atoms with Crippen LogP contribution in [0.1, 0.15) is 44.7 Å². The Balaban J connectivity index is 1.58. The van der Waals surface area contributed by atoms with Crippen molar-refractivity contribution >= 4 is 17.7 Å². The minimum absolute atomic E-state index is 0.0353. The van der Waals surface area contributed by atoms with Gasteiger partial charge >= 0.3 is 0 Å². The highest BCUT2D eigenvalue weighted by atomic mass is 16.2. The van der Waals surface area contributed by atoms with E-state index in [-0.39, 0.29) is 24.3 Å². The van der Waals surface area contributed by atoms with Gasteiger partial charge in [-0.15, -0.1) is 0 Å². The van der Waals surface area contributed by atoms with Crippen molar-refractivity contribution in [1.29, 1.82) is 0 Å². The number of carbonyl (C=O) groups excluding carboxylic acids is 3. The lowest BCUT2D eigenvalue weighted by Crippen LogP contribution is -2.37. The maximum atomic E-state index is 12.9. The summed E-state index contributed by atoms with van der Waals surface area (Å²) in [4.78, 5) is 43.2. The zero-order chi connectivity index (χ0) is 21.7. The predicted octanol–water partition coefficient (Wildman–Crippen LogP) is 2.96. The highest BCUT2D eigenvalue weighted by Gasteiger charge is 2.35. The summed E-state index contributed by atoms with van der Waals surface area (Å²) >= 11 is 0. The van der Waals surface area contributed by atoms with E-state index in [1.54, 1.807) is 12.1 Å². The van der Waals surface area contributed by atoms with Gasteiger partial charge in [0.2, 0.25) is 5.91 Å². The topological polar surface area (TPSA) is 60.9 Å². The van der Waals surface area contributed by atoms with Crippen LogP contribution in [-0.2, 0) is 11.3 Å². The molecule has 3 rings (SSSR count). The molecule has 0 saturated carbocycles. The van der Waals surface area contributed by atoms with Gasteiger partial charge in [-0.25, -0.2) is 0 Å². The molecule has 0 aromatic heterocycles. The first-order chi connectivity index (χ1) is 14.4. The van der Waals surface area contributed by atoms with Crippen LogP contribution in [0.3, 0.4) is 0 Å². The summed E-state index contributed by atoms with van der Waals surface area (Å²) in [5.74, 6) is -0.496. The van der Waals surface area contributed by atoms with Gasteiger partial charge in [0.1, 0.15) is 0 Å². The first kappa shape index (κ1) is 21.7. The van der Waals surface area contributed by atoms with Gasteiger partial charge in [0, 0.05) is 32.6 Å². The highest BCUT2D eigenvalue weighted by Crippen LogP contribution is 2.24. The molecule has 30 heavy (non-hydrogen) atoms. The summed E-state index contributed by atoms with van der Waals surface area (Å²) in [5.41, 5.74) is 2.95. The molecule has 0 aliphatic carbocycles. The number of fused-ring (bicyclic) bond motifs is 1. The number of likely N-dealkylation sites (N-methyl/N-ethyl adjacent to an activating group) is 1. The lowest BCUT2D eigenvalue weighted by Gasteiger charge is -2.25. The van der Waals surface area contributed by atoms with Gasteiger partial charge in [-0.05, 0) is 45.1 Å². The average molecular weight is 408 g/mol. The number of carbonyl (C=O) groups is 3. The van der Waals surface area contributed by atoms with Crippen LogP contribution in [0.4, 0.5) is 0 Å². The van der Waals surface area contributed by atoms with E-state index in [0.29, 0.717) is 37.1 Å². The molecule has 6 heteroatoms. The third-order valence-corrected chi connectivity index (χ3v) is 5.28. The molecule has 1 aliphatic heterocycles. The molecule has 1 aliphatic rings. The smallest absolute Gasteiger partial charge is 0.261 e. The standard InChI is InChI=1S/C24H29N3O3/c1-18-11-12-20-21(16-18)24(30)27(23(20)29)13-7-10-22(28)26(15-14-25(2)3)17-19-8-5-4-6-9-19/h4-6,8-9,11-12,16H,7,10,13-15,17H2,1-3H3. The number of nitrogens with zero attached hydrogens (tertiary/aromatic N) is 3. The summed E-state index contributed by atoms with van der Waals surface area (Å²) in [6.45, 7) is 4.11. The van der Waals surface area contributed by atoms with Crippen molar-refractivity contribution in [2.24, 2.45) is 0 Å². The zero-order valence-electron chi connectivity index (χ0n) is 17.9. The molecule has 0 fully saturated rings. The molecule has 0 spiro atoms. The number of imide groups is 1. The molecular formula is C24H29N3O3. The van der Waals surface area contributed by atoms with Gasteiger partial charge in [0.25, 0.3) is 11.8 Å². The number of amides is 3. The number of benzene rings is 2. The Kier molecular flexibility index (Phi) is 7.00. The molecular weight excluding hydrogens is 378 g/mol. The van der Waals surface area contributed by atoms with E-state index < -0.39 is 0 Å². The van der Waals surface area contributed by atoms with Crippen molar-refractivity contribution in [1.82, 2.24) is 14.7 Å². The van der Waals surface area contributed by atoms with Crippen LogP contribution in [0.2, 0.25) is 0 Å². The Morgan fingerprint density at radius 3 is 2.33 bits per heavy atom. The second-order valence-corrected chi connectivity index (χ2v) is 8.02. The van der Waals surface area contributed by atoms with Crippen LogP contribution in [0.5, 0.6) is 0 Å². The van der Waals surface area contributed by atoms with E-state index in [1.165, 1.54) is 4.90 Å². The number of hydrogen-bond donors (Lipinski definition) is 0. The van der Waals surface area contributed by atoms with Gasteiger partial charge < -0.3 is 9.80 Å². The molecule has 2 aromatic carbocycles. The van der Waals surface area contributed by atoms with Crippen molar-refractivity contribution in [3.63, 3.8) is 0 Å². The van der Waals surface area contributed by atoms with Crippen molar-refractivity contribution in [2.75, 3.05) is 33.7 Å². The Hall–Kier alpha value is -2.99. The molecule has 1 heterocycles. The molecule has 0 saturated heterocycles. The minimum atomic E-state index is -0.267. The Morgan fingerprint density at radius 2 is 1.63 bits per heavy atom. The maximum absolute atomic E-state index is 12.9. The van der Waals surface area contributed by atoms with Crippen LogP contribution in [-0.4, -0.2) is 66.2 Å². The summed E-state index contributed by atoms with van der Waals surface area (Å²) < 4.78 is 0. The predicted molar refractivity (Wildman–Crippen MR) is 116 cm³/mol. The molecule has 0 atom stereocenters. The van der Waals surface area contributed by atoms with Crippen LogP contribution in [0.25, 0.3) is 0 Å². The normalized spacial score (nSPS) is 13.1. The summed E-state index contributed by atoms with van der Waals surface area (Å²) in [5, 5.41) is 0. The highest BCUT2D eigenvalue weighted by molar-refractivity contribution is 6.21. The molecule has 2 aromatic rings. The van der Waals surface area contributed by atoms with Crippen molar-refractivity contribution in [3.8, 4) is 0 Å². The molecule has 0 N–H and O–H groups in total. The minimum Gasteiger partial charge on any atom is -0.337 e. The maximum Gasteiger partial charge on any atom is 0.261 e. The third-order valence-electron chi connectivity index (χ3n) is 5.28. The monoisotopic (exact) mass is 407 g/mol. The lowest BCUT2D eigenvalue weighted by atomic mass is 10.1. The SMILES string of the molecule is Cc1ccc2c(c1)C(=O)N(CCCC(=O)N(CCN(C)C)Cc1ccccc1)C2=O. The average Bonchev–Trinajstić information content (AvgIpc) is 2.95. The lowest BCUT2D eigenvalue weighted by molar-refractivity contribution is -0.132. The van der Waals surface area contributed by atoms with Gasteiger partial charge in [-0.2, -0.15) is 0 Å². The number of hydrogen-bond acceptors (Lipinski definition) is 4. The summed E-state index contributed by atoms with van der Waals surface area (Å²) in [7, 11) is 3.96. The van der Waals surface area contributed by atoms with Gasteiger partial charge in [0.15, 0.2) is 0 Å². The number of aryl methyl sites for hydroxylation is 1. The third kappa shape index (κ3) is 5.13. The molecule has 158 valence electrons. The quantitative estimate of drug-likeness (QED) is 0.600. The summed E-state index contributed by atoms with van der Waals surface area (Å²) in [6.07, 6.45) is 0.753. The second kappa shape index (κ2) is 9.67. The van der Waals surface area contributed by atoms with Crippen LogP contribution < -0.4 is 0 Å². The first-order valence-corrected chi connectivity index (χ1v) is 10.3. The number of rotatable bonds is 9. The first-order valence-electron chi connectivity index (χ1n) is 10.3. The van der Waals surface area contributed by atoms with E-state index in [9.17, 15) is 14.4 Å². The molecule has 0 unspecified atom stereocenters. The van der Waals surface area contributed by atoms with Crippen molar-refractivity contribution in [2.45, 2.75) is 26.3 Å². The Bertz CT molecular complexity index is 925. The largest absolute Gasteiger partial charge is 0.337 e. The van der Waals surface area contributed by atoms with E-state index in [2.05, 4.69) is 0 Å². The fraction of sp³-hybridized carbons (Fsp3) is 0.375. The van der Waals surface area contributed by atoms with Gasteiger partial charge in [-0.3, -0.25) is 19.3 Å². The van der Waals surface area contributed by atoms with E-state index in [0.717, 1.165) is 17.7 Å². The second-order valence-electron chi connectivity index (χ2n) is 8.02. The van der Waals surface area contributed by atoms with E-state index in [4.69, 9.17) is 0 Å². The molecule has 3 amide bonds. The summed E-state index contributed by atoms with van der Waals surface area (Å²) in [6, 6.07) is 15.2. The van der Waals surface area contributed by atoms with Gasteiger partial charge in [0.05, 0.1) is 11.1 Å². The van der Waals surface area contributed by atoms with Crippen molar-refractivity contribution < 1.29 is 14.4 Å². The Morgan fingerprint density at radius 1 is 0.933 bits per heavy atom. The fourth-order valence-electron chi connectivity index (χ4n) is 3.57. The van der Waals surface area contributed by atoms with Crippen LogP contribution in [0.15, 0.2) is 48.5 Å².